The monoisotopic (exact) mass is 198 g/mol. The van der Waals surface area contributed by atoms with E-state index in [-0.39, 0.29) is 6.54 Å². The maximum absolute atomic E-state index is 11.7. The van der Waals surface area contributed by atoms with Crippen molar-refractivity contribution in [2.75, 3.05) is 33.2 Å². The summed E-state index contributed by atoms with van der Waals surface area (Å²) in [6, 6.07) is 0. The van der Waals surface area contributed by atoms with Gasteiger partial charge in [-0.1, -0.05) is 6.92 Å². The van der Waals surface area contributed by atoms with E-state index in [1.807, 2.05) is 18.9 Å². The van der Waals surface area contributed by atoms with Crippen LogP contribution in [0.5, 0.6) is 0 Å². The van der Waals surface area contributed by atoms with Crippen LogP contribution in [0.25, 0.3) is 0 Å². The Morgan fingerprint density at radius 1 is 1.23 bits per heavy atom. The lowest BCUT2D eigenvalue weighted by Gasteiger charge is -2.14. The van der Waals surface area contributed by atoms with Gasteiger partial charge in [0.05, 0.1) is 6.42 Å². The summed E-state index contributed by atoms with van der Waals surface area (Å²) in [6.07, 6.45) is -4.79. The molecule has 0 unspecified atom stereocenters. The maximum atomic E-state index is 11.7. The summed E-state index contributed by atoms with van der Waals surface area (Å²) < 4.78 is 35.0. The fourth-order valence-electron chi connectivity index (χ4n) is 0.783. The molecule has 13 heavy (non-hydrogen) atoms. The van der Waals surface area contributed by atoms with Crippen LogP contribution < -0.4 is 5.32 Å². The van der Waals surface area contributed by atoms with Crippen LogP contribution in [0, 0.1) is 0 Å². The molecule has 0 aliphatic carbocycles. The van der Waals surface area contributed by atoms with E-state index < -0.39 is 12.6 Å². The predicted octanol–water partition coefficient (Wildman–Crippen LogP) is 1.48. The molecule has 0 rings (SSSR count). The van der Waals surface area contributed by atoms with Crippen molar-refractivity contribution >= 4 is 0 Å². The molecule has 0 aliphatic rings. The third-order valence-electron chi connectivity index (χ3n) is 1.80. The van der Waals surface area contributed by atoms with Crippen LogP contribution >= 0.6 is 0 Å². The lowest BCUT2D eigenvalue weighted by Crippen LogP contribution is -2.31. The van der Waals surface area contributed by atoms with Gasteiger partial charge in [-0.15, -0.1) is 0 Å². The minimum Gasteiger partial charge on any atom is -0.315 e. The molecule has 0 aliphatic heterocycles. The Balaban J connectivity index is 3.18. The Labute approximate surface area is 77.1 Å². The number of hydrogen-bond donors (Lipinski definition) is 1. The van der Waals surface area contributed by atoms with E-state index in [1.54, 1.807) is 0 Å². The van der Waals surface area contributed by atoms with E-state index in [2.05, 4.69) is 5.32 Å². The number of alkyl halides is 3. The van der Waals surface area contributed by atoms with E-state index >= 15 is 0 Å². The van der Waals surface area contributed by atoms with Crippen molar-refractivity contribution in [3.05, 3.63) is 0 Å². The van der Waals surface area contributed by atoms with Gasteiger partial charge in [0.15, 0.2) is 0 Å². The highest BCUT2D eigenvalue weighted by molar-refractivity contribution is 4.56. The quantitative estimate of drug-likeness (QED) is 0.650. The fraction of sp³-hybridized carbons (Fsp3) is 1.00. The largest absolute Gasteiger partial charge is 0.390 e. The molecular formula is C8H17F3N2. The van der Waals surface area contributed by atoms with Crippen molar-refractivity contribution in [3.63, 3.8) is 0 Å². The molecule has 0 amide bonds. The number of nitrogens with one attached hydrogen (secondary N) is 1. The van der Waals surface area contributed by atoms with E-state index in [4.69, 9.17) is 0 Å². The van der Waals surface area contributed by atoms with Crippen LogP contribution in [-0.4, -0.2) is 44.3 Å². The summed E-state index contributed by atoms with van der Waals surface area (Å²) in [6.45, 7) is 4.34. The highest BCUT2D eigenvalue weighted by Gasteiger charge is 2.25. The van der Waals surface area contributed by atoms with Gasteiger partial charge in [0.2, 0.25) is 0 Å². The van der Waals surface area contributed by atoms with Gasteiger partial charge in [-0.2, -0.15) is 13.2 Å². The Morgan fingerprint density at radius 3 is 2.31 bits per heavy atom. The van der Waals surface area contributed by atoms with Crippen molar-refractivity contribution in [1.29, 1.82) is 0 Å². The molecule has 0 aromatic heterocycles. The van der Waals surface area contributed by atoms with E-state index in [1.165, 1.54) is 0 Å². The van der Waals surface area contributed by atoms with Crippen molar-refractivity contribution in [1.82, 2.24) is 10.2 Å². The molecular weight excluding hydrogens is 181 g/mol. The zero-order valence-electron chi connectivity index (χ0n) is 8.12. The third kappa shape index (κ3) is 9.63. The van der Waals surface area contributed by atoms with Gasteiger partial charge < -0.3 is 10.2 Å². The van der Waals surface area contributed by atoms with Crippen LogP contribution in [0.2, 0.25) is 0 Å². The van der Waals surface area contributed by atoms with Gasteiger partial charge in [0.25, 0.3) is 0 Å². The second kappa shape index (κ2) is 6.21. The van der Waals surface area contributed by atoms with Gasteiger partial charge in [-0.25, -0.2) is 0 Å². The Hall–Kier alpha value is -0.290. The van der Waals surface area contributed by atoms with Gasteiger partial charge in [-0.05, 0) is 13.6 Å². The highest BCUT2D eigenvalue weighted by atomic mass is 19.4. The van der Waals surface area contributed by atoms with Crippen LogP contribution in [0.3, 0.4) is 0 Å². The molecule has 1 N–H and O–H groups in total. The smallest absolute Gasteiger partial charge is 0.315 e. The molecule has 80 valence electrons. The zero-order chi connectivity index (χ0) is 10.3. The molecule has 0 spiro atoms. The molecule has 0 fully saturated rings. The second-order valence-corrected chi connectivity index (χ2v) is 3.01. The summed E-state index contributed by atoms with van der Waals surface area (Å²) in [4.78, 5) is 2.04. The van der Waals surface area contributed by atoms with Crippen molar-refractivity contribution in [2.24, 2.45) is 0 Å². The summed E-state index contributed by atoms with van der Waals surface area (Å²) in [7, 11) is 1.94. The predicted molar refractivity (Wildman–Crippen MR) is 46.7 cm³/mol. The molecule has 5 heteroatoms. The van der Waals surface area contributed by atoms with E-state index in [0.717, 1.165) is 13.1 Å². The number of nitrogens with zero attached hydrogens (tertiary/aromatic N) is 1. The first-order chi connectivity index (χ1) is 5.95. The normalized spacial score (nSPS) is 12.5. The molecule has 0 aromatic carbocycles. The third-order valence-corrected chi connectivity index (χ3v) is 1.80. The molecule has 0 saturated carbocycles. The molecule has 0 bridgehead atoms. The van der Waals surface area contributed by atoms with Crippen molar-refractivity contribution in [2.45, 2.75) is 19.5 Å². The molecule has 0 radical (unpaired) electrons. The number of hydrogen-bond acceptors (Lipinski definition) is 2. The first-order valence-corrected chi connectivity index (χ1v) is 4.41. The molecule has 0 atom stereocenters. The lowest BCUT2D eigenvalue weighted by atomic mass is 10.4. The second-order valence-electron chi connectivity index (χ2n) is 3.01. The Bertz CT molecular complexity index is 125. The average molecular weight is 198 g/mol. The molecule has 0 saturated heterocycles. The van der Waals surface area contributed by atoms with Gasteiger partial charge in [-0.3, -0.25) is 0 Å². The number of rotatable bonds is 6. The molecule has 0 aromatic rings. The fourth-order valence-corrected chi connectivity index (χ4v) is 0.783. The summed E-state index contributed by atoms with van der Waals surface area (Å²) in [5.74, 6) is 0. The SMILES string of the molecule is CCN(C)CCNCCC(F)(F)F. The maximum Gasteiger partial charge on any atom is 0.390 e. The minimum absolute atomic E-state index is 0.0149. The average Bonchev–Trinajstić information content (AvgIpc) is 2.01. The Kier molecular flexibility index (Phi) is 6.07. The van der Waals surface area contributed by atoms with Crippen LogP contribution in [0.15, 0.2) is 0 Å². The van der Waals surface area contributed by atoms with Gasteiger partial charge >= 0.3 is 6.18 Å². The van der Waals surface area contributed by atoms with Crippen molar-refractivity contribution in [3.8, 4) is 0 Å². The number of halogens is 3. The topological polar surface area (TPSA) is 15.3 Å². The van der Waals surface area contributed by atoms with Crippen molar-refractivity contribution < 1.29 is 13.2 Å². The van der Waals surface area contributed by atoms with Crippen LogP contribution in [-0.2, 0) is 0 Å². The zero-order valence-corrected chi connectivity index (χ0v) is 8.12. The van der Waals surface area contributed by atoms with Gasteiger partial charge in [0, 0.05) is 19.6 Å². The van der Waals surface area contributed by atoms with Crippen LogP contribution in [0.4, 0.5) is 13.2 Å². The molecule has 0 heterocycles. The first kappa shape index (κ1) is 12.7. The summed E-state index contributed by atoms with van der Waals surface area (Å²) in [5.41, 5.74) is 0. The van der Waals surface area contributed by atoms with E-state index in [9.17, 15) is 13.2 Å². The standard InChI is InChI=1S/C8H17F3N2/c1-3-13(2)7-6-12-5-4-8(9,10)11/h12H,3-7H2,1-2H3. The Morgan fingerprint density at radius 2 is 1.85 bits per heavy atom. The highest BCUT2D eigenvalue weighted by Crippen LogP contribution is 2.17. The first-order valence-electron chi connectivity index (χ1n) is 4.41. The number of likely N-dealkylation sites (N-methyl/N-ethyl adjacent to an activating group) is 1. The summed E-state index contributed by atoms with van der Waals surface area (Å²) in [5, 5.41) is 2.75. The minimum atomic E-state index is -4.04. The van der Waals surface area contributed by atoms with Crippen LogP contribution in [0.1, 0.15) is 13.3 Å². The van der Waals surface area contributed by atoms with E-state index in [0.29, 0.717) is 6.54 Å². The summed E-state index contributed by atoms with van der Waals surface area (Å²) >= 11 is 0. The molecule has 2 nitrogen and oxygen atoms in total. The van der Waals surface area contributed by atoms with Gasteiger partial charge in [0.1, 0.15) is 0 Å². The lowest BCUT2D eigenvalue weighted by molar-refractivity contribution is -0.133.